The van der Waals surface area contributed by atoms with Gasteiger partial charge in [0.15, 0.2) is 0 Å². The molecule has 0 aliphatic rings. The van der Waals surface area contributed by atoms with E-state index in [4.69, 9.17) is 4.42 Å². The van der Waals surface area contributed by atoms with E-state index in [2.05, 4.69) is 170 Å². The lowest BCUT2D eigenvalue weighted by molar-refractivity contribution is 0.673. The summed E-state index contributed by atoms with van der Waals surface area (Å²) in [6, 6.07) is 63.2. The fraction of sp³-hybridized carbons (Fsp3) is 0. The summed E-state index contributed by atoms with van der Waals surface area (Å²) in [6.07, 6.45) is 0. The van der Waals surface area contributed by atoms with Crippen molar-refractivity contribution in [1.82, 2.24) is 0 Å². The van der Waals surface area contributed by atoms with Crippen LogP contribution in [0.3, 0.4) is 0 Å². The minimum Gasteiger partial charge on any atom is -0.455 e. The predicted octanol–water partition coefficient (Wildman–Crippen LogP) is 15.0. The van der Waals surface area contributed by atoms with Crippen molar-refractivity contribution < 1.29 is 4.42 Å². The first kappa shape index (κ1) is 27.7. The van der Waals surface area contributed by atoms with Crippen molar-refractivity contribution in [3.05, 3.63) is 170 Å². The number of benzene rings is 12. The summed E-state index contributed by atoms with van der Waals surface area (Å²) in [7, 11) is 0. The quantitative estimate of drug-likeness (QED) is 0.167. The molecule has 13 aromatic rings. The van der Waals surface area contributed by atoms with E-state index >= 15 is 0 Å². The summed E-state index contributed by atoms with van der Waals surface area (Å²) in [5.74, 6) is 0. The zero-order valence-corrected chi connectivity index (χ0v) is 28.6. The van der Waals surface area contributed by atoms with Crippen LogP contribution in [0.4, 0.5) is 0 Å². The highest BCUT2D eigenvalue weighted by molar-refractivity contribution is 6.31. The fourth-order valence-corrected chi connectivity index (χ4v) is 9.77. The summed E-state index contributed by atoms with van der Waals surface area (Å²) in [4.78, 5) is 0. The molecule has 0 bridgehead atoms. The molecular weight excluding hydrogens is 641 g/mol. The summed E-state index contributed by atoms with van der Waals surface area (Å²) in [5.41, 5.74) is 6.78. The molecule has 0 saturated carbocycles. The highest BCUT2D eigenvalue weighted by Crippen LogP contribution is 2.48. The molecule has 0 atom stereocenters. The van der Waals surface area contributed by atoms with Gasteiger partial charge in [0.05, 0.1) is 0 Å². The molecule has 12 aromatic carbocycles. The molecule has 1 heterocycles. The Kier molecular flexibility index (Phi) is 5.17. The van der Waals surface area contributed by atoms with Crippen LogP contribution in [0, 0.1) is 0 Å². The highest BCUT2D eigenvalue weighted by Gasteiger charge is 2.22. The molecule has 1 aromatic heterocycles. The lowest BCUT2D eigenvalue weighted by Crippen LogP contribution is -1.91. The van der Waals surface area contributed by atoms with Crippen LogP contribution < -0.4 is 0 Å². The summed E-state index contributed by atoms with van der Waals surface area (Å²) >= 11 is 0. The molecular formula is C52H28O. The van der Waals surface area contributed by atoms with Crippen LogP contribution >= 0.6 is 0 Å². The molecule has 1 nitrogen and oxygen atoms in total. The second-order valence-corrected chi connectivity index (χ2v) is 14.8. The molecule has 0 saturated heterocycles. The predicted molar refractivity (Wildman–Crippen MR) is 227 cm³/mol. The lowest BCUT2D eigenvalue weighted by Gasteiger charge is -2.18. The zero-order chi connectivity index (χ0) is 34.4. The van der Waals surface area contributed by atoms with Crippen molar-refractivity contribution in [2.75, 3.05) is 0 Å². The molecule has 0 amide bonds. The number of rotatable bonds is 2. The summed E-state index contributed by atoms with van der Waals surface area (Å²) < 4.78 is 6.90. The maximum Gasteiger partial charge on any atom is 0.143 e. The van der Waals surface area contributed by atoms with Crippen LogP contribution in [0.2, 0.25) is 0 Å². The Morgan fingerprint density at radius 3 is 1.49 bits per heavy atom. The first-order valence-corrected chi connectivity index (χ1v) is 18.4. The minimum absolute atomic E-state index is 0.917. The standard InChI is InChI=1S/C52H28O/c1-2-10-39-29(5-1)17-26-43-51-45(53-52(39)43)28-37-16-15-36(38-22-18-34-13-11-30-6-3-8-32-19-23-40(38)48(34)46(30)32)27-44(37)50(51)42-25-21-35-14-12-31-7-4-9-33-20-24-41(42)49(35)47(31)33/h1-28H. The number of furan rings is 1. The highest BCUT2D eigenvalue weighted by atomic mass is 16.3. The van der Waals surface area contributed by atoms with Gasteiger partial charge in [0.25, 0.3) is 0 Å². The molecule has 0 spiro atoms. The lowest BCUT2D eigenvalue weighted by atomic mass is 9.85. The largest absolute Gasteiger partial charge is 0.455 e. The molecule has 53 heavy (non-hydrogen) atoms. The van der Waals surface area contributed by atoms with Gasteiger partial charge in [-0.1, -0.05) is 152 Å². The molecule has 0 radical (unpaired) electrons. The van der Waals surface area contributed by atoms with Gasteiger partial charge in [0.2, 0.25) is 0 Å². The van der Waals surface area contributed by atoms with E-state index in [1.54, 1.807) is 0 Å². The third-order valence-electron chi connectivity index (χ3n) is 12.1. The van der Waals surface area contributed by atoms with E-state index in [0.717, 1.165) is 21.9 Å². The Morgan fingerprint density at radius 2 is 0.792 bits per heavy atom. The maximum absolute atomic E-state index is 6.90. The number of fused-ring (bicyclic) bond motifs is 6. The van der Waals surface area contributed by atoms with Crippen molar-refractivity contribution in [2.45, 2.75) is 0 Å². The van der Waals surface area contributed by atoms with Crippen LogP contribution in [0.15, 0.2) is 174 Å². The van der Waals surface area contributed by atoms with Gasteiger partial charge in [0.1, 0.15) is 11.2 Å². The van der Waals surface area contributed by atoms with Crippen molar-refractivity contribution in [2.24, 2.45) is 0 Å². The van der Waals surface area contributed by atoms with Crippen LogP contribution in [0.25, 0.3) is 130 Å². The van der Waals surface area contributed by atoms with Gasteiger partial charge in [-0.05, 0) is 116 Å². The Labute approximate surface area is 303 Å². The Hall–Kier alpha value is -6.96. The van der Waals surface area contributed by atoms with Gasteiger partial charge < -0.3 is 4.42 Å². The Balaban J connectivity index is 1.19. The Morgan fingerprint density at radius 1 is 0.283 bits per heavy atom. The molecule has 242 valence electrons. The third-order valence-corrected chi connectivity index (χ3v) is 12.1. The monoisotopic (exact) mass is 668 g/mol. The molecule has 0 N–H and O–H groups in total. The molecule has 0 aliphatic heterocycles. The number of hydrogen-bond donors (Lipinski definition) is 0. The van der Waals surface area contributed by atoms with E-state index in [9.17, 15) is 0 Å². The minimum atomic E-state index is 0.917. The topological polar surface area (TPSA) is 13.1 Å². The number of hydrogen-bond acceptors (Lipinski definition) is 1. The van der Waals surface area contributed by atoms with E-state index in [0.29, 0.717) is 0 Å². The van der Waals surface area contributed by atoms with E-state index in [1.807, 2.05) is 0 Å². The van der Waals surface area contributed by atoms with Gasteiger partial charge in [-0.15, -0.1) is 0 Å². The fourth-order valence-electron chi connectivity index (χ4n) is 9.77. The van der Waals surface area contributed by atoms with Crippen LogP contribution in [0.1, 0.15) is 0 Å². The maximum atomic E-state index is 6.90. The van der Waals surface area contributed by atoms with Crippen molar-refractivity contribution in [1.29, 1.82) is 0 Å². The van der Waals surface area contributed by atoms with Gasteiger partial charge in [-0.25, -0.2) is 0 Å². The summed E-state index contributed by atoms with van der Waals surface area (Å²) in [6.45, 7) is 0. The van der Waals surface area contributed by atoms with Gasteiger partial charge in [-0.3, -0.25) is 0 Å². The summed E-state index contributed by atoms with van der Waals surface area (Å²) in [5, 5.41) is 22.6. The van der Waals surface area contributed by atoms with E-state index in [1.165, 1.54) is 108 Å². The zero-order valence-electron chi connectivity index (χ0n) is 28.6. The van der Waals surface area contributed by atoms with Crippen LogP contribution in [-0.4, -0.2) is 0 Å². The van der Waals surface area contributed by atoms with Crippen LogP contribution in [-0.2, 0) is 0 Å². The second kappa shape index (κ2) is 9.88. The normalized spacial score (nSPS) is 12.5. The van der Waals surface area contributed by atoms with Gasteiger partial charge >= 0.3 is 0 Å². The van der Waals surface area contributed by atoms with Gasteiger partial charge in [0, 0.05) is 21.7 Å². The Bertz CT molecular complexity index is 3640. The first-order chi connectivity index (χ1) is 26.3. The second-order valence-electron chi connectivity index (χ2n) is 14.8. The molecule has 0 unspecified atom stereocenters. The van der Waals surface area contributed by atoms with E-state index < -0.39 is 0 Å². The van der Waals surface area contributed by atoms with Crippen molar-refractivity contribution in [3.8, 4) is 22.3 Å². The molecule has 13 rings (SSSR count). The molecule has 0 fully saturated rings. The smallest absolute Gasteiger partial charge is 0.143 e. The SMILES string of the molecule is c1ccc2c(c1)ccc1c2oc2cc3ccc(-c4ccc5ccc6cccc7ccc4c5c67)cc3c(-c3ccc4ccc5cccc6ccc3c4c56)c21. The van der Waals surface area contributed by atoms with Crippen molar-refractivity contribution in [3.63, 3.8) is 0 Å². The molecule has 0 aliphatic carbocycles. The average molecular weight is 669 g/mol. The third kappa shape index (κ3) is 3.61. The van der Waals surface area contributed by atoms with Gasteiger partial charge in [-0.2, -0.15) is 0 Å². The first-order valence-electron chi connectivity index (χ1n) is 18.4. The van der Waals surface area contributed by atoms with Crippen molar-refractivity contribution >= 4 is 108 Å². The average Bonchev–Trinajstić information content (AvgIpc) is 3.59. The van der Waals surface area contributed by atoms with Crippen LogP contribution in [0.5, 0.6) is 0 Å². The van der Waals surface area contributed by atoms with E-state index in [-0.39, 0.29) is 0 Å². The molecule has 1 heteroatoms.